The first-order chi connectivity index (χ1) is 14.4. The number of hydrogen-bond acceptors (Lipinski definition) is 4. The van der Waals surface area contributed by atoms with Gasteiger partial charge in [-0.15, -0.1) is 0 Å². The lowest BCUT2D eigenvalue weighted by atomic mass is 9.81. The van der Waals surface area contributed by atoms with Gasteiger partial charge in [0.1, 0.15) is 24.8 Å². The molecule has 2 saturated heterocycles. The molecule has 0 saturated carbocycles. The number of nitrogens with zero attached hydrogens (tertiary/aromatic N) is 1. The van der Waals surface area contributed by atoms with Crippen molar-refractivity contribution in [2.45, 2.75) is 49.8 Å². The third-order valence-corrected chi connectivity index (χ3v) is 6.42. The number of piperidine rings is 1. The predicted octanol–water partition coefficient (Wildman–Crippen LogP) is 3.48. The van der Waals surface area contributed by atoms with Crippen LogP contribution in [-0.2, 0) is 6.42 Å². The molecule has 2 fully saturated rings. The zero-order chi connectivity index (χ0) is 20.9. The van der Waals surface area contributed by atoms with E-state index in [4.69, 9.17) is 9.47 Å². The summed E-state index contributed by atoms with van der Waals surface area (Å²) in [7, 11) is 0. The van der Waals surface area contributed by atoms with Crippen LogP contribution in [0, 0.1) is 11.6 Å². The van der Waals surface area contributed by atoms with Crippen molar-refractivity contribution < 1.29 is 28.2 Å². The van der Waals surface area contributed by atoms with Crippen LogP contribution in [0.3, 0.4) is 0 Å². The van der Waals surface area contributed by atoms with E-state index in [9.17, 15) is 18.7 Å². The first kappa shape index (κ1) is 19.3. The molecule has 2 aromatic rings. The Kier molecular flexibility index (Phi) is 4.65. The molecular weight excluding hydrogens is 392 g/mol. The summed E-state index contributed by atoms with van der Waals surface area (Å²) in [5.41, 5.74) is -0.364. The molecule has 1 N–H and O–H groups in total. The fourth-order valence-electron chi connectivity index (χ4n) is 5.20. The summed E-state index contributed by atoms with van der Waals surface area (Å²) in [6, 6.07) is 8.46. The highest BCUT2D eigenvalue weighted by atomic mass is 19.1. The van der Waals surface area contributed by atoms with Crippen LogP contribution in [0.1, 0.15) is 41.6 Å². The van der Waals surface area contributed by atoms with E-state index in [1.165, 1.54) is 12.1 Å². The molecule has 2 bridgehead atoms. The van der Waals surface area contributed by atoms with Crippen LogP contribution in [-0.4, -0.2) is 46.8 Å². The Morgan fingerprint density at radius 2 is 1.83 bits per heavy atom. The van der Waals surface area contributed by atoms with Gasteiger partial charge in [0.05, 0.1) is 11.2 Å². The van der Waals surface area contributed by atoms with Crippen molar-refractivity contribution in [3.63, 3.8) is 0 Å². The summed E-state index contributed by atoms with van der Waals surface area (Å²) in [5, 5.41) is 11.2. The van der Waals surface area contributed by atoms with Gasteiger partial charge in [-0.2, -0.15) is 0 Å². The fourth-order valence-corrected chi connectivity index (χ4v) is 5.20. The predicted molar refractivity (Wildman–Crippen MR) is 105 cm³/mol. The molecule has 7 heteroatoms. The van der Waals surface area contributed by atoms with E-state index in [1.54, 1.807) is 18.2 Å². The summed E-state index contributed by atoms with van der Waals surface area (Å²) in [6.07, 6.45) is 2.40. The van der Waals surface area contributed by atoms with Gasteiger partial charge in [0.15, 0.2) is 11.5 Å². The lowest BCUT2D eigenvalue weighted by Crippen LogP contribution is -2.54. The van der Waals surface area contributed by atoms with E-state index in [2.05, 4.69) is 0 Å². The third-order valence-electron chi connectivity index (χ3n) is 6.42. The number of hydrogen-bond donors (Lipinski definition) is 1. The van der Waals surface area contributed by atoms with E-state index in [0.717, 1.165) is 18.9 Å². The Labute approximate surface area is 173 Å². The number of aliphatic hydroxyl groups is 1. The van der Waals surface area contributed by atoms with E-state index in [1.807, 2.05) is 4.90 Å². The minimum Gasteiger partial charge on any atom is -0.486 e. The first-order valence-corrected chi connectivity index (χ1v) is 10.3. The SMILES string of the molecule is O=C(c1cccc2c1OCCO2)N1C2CCC1CC(O)(Cc1ccc(F)cc1F)C2. The summed E-state index contributed by atoms with van der Waals surface area (Å²) >= 11 is 0. The van der Waals surface area contributed by atoms with Gasteiger partial charge in [-0.05, 0) is 49.4 Å². The van der Waals surface area contributed by atoms with Gasteiger partial charge in [-0.1, -0.05) is 12.1 Å². The number of amides is 1. The summed E-state index contributed by atoms with van der Waals surface area (Å²) in [5.74, 6) is -0.370. The molecular formula is C23H23F2NO4. The quantitative estimate of drug-likeness (QED) is 0.834. The molecule has 5 nitrogen and oxygen atoms in total. The fraction of sp³-hybridized carbons (Fsp3) is 0.435. The minimum absolute atomic E-state index is 0.103. The van der Waals surface area contributed by atoms with Crippen molar-refractivity contribution in [2.24, 2.45) is 0 Å². The van der Waals surface area contributed by atoms with Gasteiger partial charge in [-0.3, -0.25) is 4.79 Å². The lowest BCUT2D eigenvalue weighted by Gasteiger charge is -2.44. The van der Waals surface area contributed by atoms with Gasteiger partial charge in [0.25, 0.3) is 5.91 Å². The minimum atomic E-state index is -1.13. The Hall–Kier alpha value is -2.67. The topological polar surface area (TPSA) is 59.0 Å². The van der Waals surface area contributed by atoms with Crippen LogP contribution in [0.5, 0.6) is 11.5 Å². The van der Waals surface area contributed by atoms with E-state index in [-0.39, 0.29) is 24.4 Å². The number of carbonyl (C=O) groups excluding carboxylic acids is 1. The summed E-state index contributed by atoms with van der Waals surface area (Å²) in [6.45, 7) is 0.847. The molecule has 3 aliphatic heterocycles. The average Bonchev–Trinajstić information content (AvgIpc) is 3.01. The van der Waals surface area contributed by atoms with Crippen molar-refractivity contribution in [1.82, 2.24) is 4.90 Å². The second-order valence-corrected chi connectivity index (χ2v) is 8.47. The largest absolute Gasteiger partial charge is 0.486 e. The van der Waals surface area contributed by atoms with Gasteiger partial charge in [0, 0.05) is 24.6 Å². The number of carbonyl (C=O) groups is 1. The molecule has 2 unspecified atom stereocenters. The maximum atomic E-state index is 14.1. The van der Waals surface area contributed by atoms with Crippen LogP contribution in [0.2, 0.25) is 0 Å². The Morgan fingerprint density at radius 3 is 2.57 bits per heavy atom. The Morgan fingerprint density at radius 1 is 1.10 bits per heavy atom. The van der Waals surface area contributed by atoms with Crippen LogP contribution >= 0.6 is 0 Å². The van der Waals surface area contributed by atoms with E-state index >= 15 is 0 Å². The second kappa shape index (κ2) is 7.23. The molecule has 1 amide bonds. The molecule has 0 spiro atoms. The molecule has 2 atom stereocenters. The maximum Gasteiger partial charge on any atom is 0.258 e. The van der Waals surface area contributed by atoms with Crippen molar-refractivity contribution in [1.29, 1.82) is 0 Å². The van der Waals surface area contributed by atoms with E-state index in [0.29, 0.717) is 48.7 Å². The molecule has 2 aromatic carbocycles. The van der Waals surface area contributed by atoms with Crippen LogP contribution in [0.25, 0.3) is 0 Å². The molecule has 30 heavy (non-hydrogen) atoms. The zero-order valence-electron chi connectivity index (χ0n) is 16.4. The smallest absolute Gasteiger partial charge is 0.258 e. The number of benzene rings is 2. The molecule has 0 radical (unpaired) electrons. The van der Waals surface area contributed by atoms with Crippen LogP contribution in [0.4, 0.5) is 8.78 Å². The molecule has 3 aliphatic rings. The maximum absolute atomic E-state index is 14.1. The van der Waals surface area contributed by atoms with Crippen molar-refractivity contribution in [2.75, 3.05) is 13.2 Å². The molecule has 0 aromatic heterocycles. The second-order valence-electron chi connectivity index (χ2n) is 8.47. The van der Waals surface area contributed by atoms with Crippen LogP contribution in [0.15, 0.2) is 36.4 Å². The van der Waals surface area contributed by atoms with Gasteiger partial charge in [0.2, 0.25) is 0 Å². The number of ether oxygens (including phenoxy) is 2. The molecule has 3 heterocycles. The monoisotopic (exact) mass is 415 g/mol. The van der Waals surface area contributed by atoms with Crippen LogP contribution < -0.4 is 9.47 Å². The highest BCUT2D eigenvalue weighted by Gasteiger charge is 2.50. The number of para-hydroxylation sites is 1. The Bertz CT molecular complexity index is 981. The van der Waals surface area contributed by atoms with Crippen molar-refractivity contribution >= 4 is 5.91 Å². The van der Waals surface area contributed by atoms with Crippen molar-refractivity contribution in [3.8, 4) is 11.5 Å². The van der Waals surface area contributed by atoms with Gasteiger partial charge >= 0.3 is 0 Å². The zero-order valence-corrected chi connectivity index (χ0v) is 16.4. The highest BCUT2D eigenvalue weighted by molar-refractivity contribution is 5.98. The lowest BCUT2D eigenvalue weighted by molar-refractivity contribution is -0.0432. The number of fused-ring (bicyclic) bond motifs is 3. The third kappa shape index (κ3) is 3.31. The van der Waals surface area contributed by atoms with Gasteiger partial charge < -0.3 is 19.5 Å². The molecule has 158 valence electrons. The number of halogens is 2. The summed E-state index contributed by atoms with van der Waals surface area (Å²) in [4.78, 5) is 15.3. The van der Waals surface area contributed by atoms with Crippen molar-refractivity contribution in [3.05, 3.63) is 59.2 Å². The average molecular weight is 415 g/mol. The first-order valence-electron chi connectivity index (χ1n) is 10.3. The van der Waals surface area contributed by atoms with Gasteiger partial charge in [-0.25, -0.2) is 8.78 Å². The Balaban J connectivity index is 1.38. The highest BCUT2D eigenvalue weighted by Crippen LogP contribution is 2.44. The normalized spacial score (nSPS) is 27.2. The standard InChI is InChI=1S/C23H23F2NO4/c24-15-5-4-14(19(25)10-15)11-23(28)12-16-6-7-17(13-23)26(16)22(27)18-2-1-3-20-21(18)30-9-8-29-20/h1-5,10,16-17,28H,6-9,11-13H2. The molecule has 0 aliphatic carbocycles. The number of rotatable bonds is 3. The van der Waals surface area contributed by atoms with E-state index < -0.39 is 17.2 Å². The molecule has 5 rings (SSSR count). The summed E-state index contributed by atoms with van der Waals surface area (Å²) < 4.78 is 38.6.